The van der Waals surface area contributed by atoms with E-state index in [0.29, 0.717) is 5.96 Å². The molecule has 6 heteroatoms. The summed E-state index contributed by atoms with van der Waals surface area (Å²) < 4.78 is 1.92. The van der Waals surface area contributed by atoms with Crippen LogP contribution in [0.25, 0.3) is 5.69 Å². The first kappa shape index (κ1) is 18.7. The molecule has 0 spiro atoms. The summed E-state index contributed by atoms with van der Waals surface area (Å²) in [4.78, 5) is 4.27. The maximum absolute atomic E-state index is 4.53. The summed E-state index contributed by atoms with van der Waals surface area (Å²) in [5.74, 6) is 7.19. The molecule has 140 valence electrons. The fourth-order valence-corrected chi connectivity index (χ4v) is 2.64. The highest BCUT2D eigenvalue weighted by Crippen LogP contribution is 2.16. The fraction of sp³-hybridized carbons (Fsp3) is 0.381. The van der Waals surface area contributed by atoms with Gasteiger partial charge >= 0.3 is 0 Å². The van der Waals surface area contributed by atoms with Crippen LogP contribution in [0.15, 0.2) is 40.6 Å². The van der Waals surface area contributed by atoms with Gasteiger partial charge in [-0.1, -0.05) is 11.8 Å². The van der Waals surface area contributed by atoms with E-state index in [4.69, 9.17) is 0 Å². The van der Waals surface area contributed by atoms with Gasteiger partial charge in [0.05, 0.1) is 29.8 Å². The predicted octanol–water partition coefficient (Wildman–Crippen LogP) is 2.85. The molecule has 1 aliphatic heterocycles. The highest BCUT2D eigenvalue weighted by atomic mass is 15.4. The monoisotopic (exact) mass is 362 g/mol. The Kier molecular flexibility index (Phi) is 5.31. The zero-order valence-electron chi connectivity index (χ0n) is 16.6. The van der Waals surface area contributed by atoms with Gasteiger partial charge in [-0.25, -0.2) is 15.1 Å². The third-order valence-electron chi connectivity index (χ3n) is 4.10. The van der Waals surface area contributed by atoms with Gasteiger partial charge in [0.2, 0.25) is 5.96 Å². The van der Waals surface area contributed by atoms with E-state index in [2.05, 4.69) is 58.5 Å². The number of aliphatic imine (C=N–C) groups is 1. The number of guanidine groups is 1. The predicted molar refractivity (Wildman–Crippen MR) is 110 cm³/mol. The first-order chi connectivity index (χ1) is 12.8. The lowest BCUT2D eigenvalue weighted by molar-refractivity contribution is 0.571. The van der Waals surface area contributed by atoms with E-state index in [1.54, 1.807) is 0 Å². The Balaban J connectivity index is 1.78. The number of nitrogens with one attached hydrogen (secondary N) is 2. The molecule has 2 heterocycles. The second-order valence-electron chi connectivity index (χ2n) is 7.57. The van der Waals surface area contributed by atoms with Crippen molar-refractivity contribution in [3.8, 4) is 17.5 Å². The van der Waals surface area contributed by atoms with Crippen molar-refractivity contribution in [3.63, 3.8) is 0 Å². The van der Waals surface area contributed by atoms with E-state index >= 15 is 0 Å². The minimum atomic E-state index is -0.00335. The molecule has 2 aromatic rings. The second kappa shape index (κ2) is 7.67. The van der Waals surface area contributed by atoms with E-state index in [1.807, 2.05) is 49.0 Å². The molecule has 27 heavy (non-hydrogen) atoms. The molecule has 1 aromatic heterocycles. The topological polar surface area (TPSA) is 66.6 Å². The zero-order chi connectivity index (χ0) is 19.4. The standard InChI is InChI=1S/C21H26N6/c1-15(25-26-20-22-12-13-23-20)19-14-24-27(16(19)2)18-8-6-17(7-9-18)10-11-21(3,4)5/h6-9,14H,12-13H2,1-5H3,(H2,22,23,26)/b25-15+. The fourth-order valence-electron chi connectivity index (χ4n) is 2.64. The Morgan fingerprint density at radius 3 is 2.63 bits per heavy atom. The maximum Gasteiger partial charge on any atom is 0.212 e. The molecule has 0 fully saturated rings. The number of nitrogens with zero attached hydrogens (tertiary/aromatic N) is 4. The molecular weight excluding hydrogens is 336 g/mol. The van der Waals surface area contributed by atoms with Crippen LogP contribution in [0.5, 0.6) is 0 Å². The molecule has 0 bridgehead atoms. The van der Waals surface area contributed by atoms with Gasteiger partial charge in [-0.05, 0) is 58.9 Å². The zero-order valence-corrected chi connectivity index (χ0v) is 16.6. The van der Waals surface area contributed by atoms with E-state index in [1.165, 1.54) is 0 Å². The molecule has 0 saturated heterocycles. The Morgan fingerprint density at radius 1 is 1.26 bits per heavy atom. The van der Waals surface area contributed by atoms with E-state index < -0.39 is 0 Å². The van der Waals surface area contributed by atoms with Crippen LogP contribution in [0.1, 0.15) is 44.5 Å². The summed E-state index contributed by atoms with van der Waals surface area (Å²) in [6.45, 7) is 12.0. The highest BCUT2D eigenvalue weighted by Gasteiger charge is 2.11. The molecule has 1 aromatic carbocycles. The van der Waals surface area contributed by atoms with E-state index in [0.717, 1.165) is 41.3 Å². The Hall–Kier alpha value is -3.07. The van der Waals surface area contributed by atoms with Gasteiger partial charge < -0.3 is 5.32 Å². The smallest absolute Gasteiger partial charge is 0.212 e. The van der Waals surface area contributed by atoms with Crippen molar-refractivity contribution in [1.82, 2.24) is 20.5 Å². The second-order valence-corrected chi connectivity index (χ2v) is 7.57. The lowest BCUT2D eigenvalue weighted by Crippen LogP contribution is -2.30. The Bertz CT molecular complexity index is 930. The van der Waals surface area contributed by atoms with Crippen molar-refractivity contribution >= 4 is 11.7 Å². The van der Waals surface area contributed by atoms with Crippen molar-refractivity contribution in [2.75, 3.05) is 13.1 Å². The highest BCUT2D eigenvalue weighted by molar-refractivity contribution is 6.00. The van der Waals surface area contributed by atoms with Crippen molar-refractivity contribution in [2.24, 2.45) is 15.5 Å². The summed E-state index contributed by atoms with van der Waals surface area (Å²) >= 11 is 0. The van der Waals surface area contributed by atoms with Gasteiger partial charge in [0.1, 0.15) is 0 Å². The van der Waals surface area contributed by atoms with Crippen LogP contribution in [0.3, 0.4) is 0 Å². The summed E-state index contributed by atoms with van der Waals surface area (Å²) in [6.07, 6.45) is 1.84. The first-order valence-electron chi connectivity index (χ1n) is 9.11. The molecule has 6 nitrogen and oxygen atoms in total. The van der Waals surface area contributed by atoms with Crippen molar-refractivity contribution in [1.29, 1.82) is 0 Å². The van der Waals surface area contributed by atoms with Gasteiger partial charge in [-0.2, -0.15) is 10.2 Å². The molecule has 2 N–H and O–H groups in total. The third kappa shape index (κ3) is 4.76. The maximum atomic E-state index is 4.53. The number of hydrogen-bond acceptors (Lipinski definition) is 5. The molecule has 3 rings (SSSR count). The number of hydrogen-bond donors (Lipinski definition) is 2. The first-order valence-corrected chi connectivity index (χ1v) is 9.11. The van der Waals surface area contributed by atoms with Crippen LogP contribution < -0.4 is 10.7 Å². The summed E-state index contributed by atoms with van der Waals surface area (Å²) in [7, 11) is 0. The summed E-state index contributed by atoms with van der Waals surface area (Å²) in [5, 5.41) is 12.1. The molecule has 0 amide bonds. The normalized spacial score (nSPS) is 14.3. The number of aromatic nitrogens is 2. The third-order valence-corrected chi connectivity index (χ3v) is 4.10. The van der Waals surface area contributed by atoms with Crippen LogP contribution in [0.4, 0.5) is 0 Å². The Labute approximate surface area is 160 Å². The van der Waals surface area contributed by atoms with E-state index in [-0.39, 0.29) is 5.41 Å². The minimum absolute atomic E-state index is 0.00335. The molecule has 0 unspecified atom stereocenters. The lowest BCUT2D eigenvalue weighted by atomic mass is 9.97. The quantitative estimate of drug-likeness (QED) is 0.501. The average molecular weight is 362 g/mol. The van der Waals surface area contributed by atoms with Crippen LogP contribution in [0.2, 0.25) is 0 Å². The molecule has 0 saturated carbocycles. The van der Waals surface area contributed by atoms with Gasteiger partial charge in [0, 0.05) is 23.1 Å². The van der Waals surface area contributed by atoms with Crippen LogP contribution in [-0.2, 0) is 0 Å². The van der Waals surface area contributed by atoms with Crippen molar-refractivity contribution in [3.05, 3.63) is 47.3 Å². The van der Waals surface area contributed by atoms with Crippen molar-refractivity contribution < 1.29 is 0 Å². The van der Waals surface area contributed by atoms with Crippen LogP contribution >= 0.6 is 0 Å². The number of benzene rings is 1. The summed E-state index contributed by atoms with van der Waals surface area (Å²) in [6, 6.07) is 8.14. The van der Waals surface area contributed by atoms with Crippen LogP contribution in [-0.4, -0.2) is 34.5 Å². The van der Waals surface area contributed by atoms with Gasteiger partial charge in [0.25, 0.3) is 0 Å². The van der Waals surface area contributed by atoms with E-state index in [9.17, 15) is 0 Å². The molecule has 0 atom stereocenters. The van der Waals surface area contributed by atoms with Gasteiger partial charge in [-0.15, -0.1) is 0 Å². The molecule has 1 aliphatic rings. The molecule has 0 aliphatic carbocycles. The molecule has 0 radical (unpaired) electrons. The average Bonchev–Trinajstić information content (AvgIpc) is 3.27. The van der Waals surface area contributed by atoms with Gasteiger partial charge in [-0.3, -0.25) is 0 Å². The summed E-state index contributed by atoms with van der Waals surface area (Å²) in [5.41, 5.74) is 7.87. The lowest BCUT2D eigenvalue weighted by Gasteiger charge is -2.08. The molecular formula is C21H26N6. The number of rotatable bonds is 3. The Morgan fingerprint density at radius 2 is 2.00 bits per heavy atom. The largest absolute Gasteiger partial charge is 0.353 e. The minimum Gasteiger partial charge on any atom is -0.353 e. The van der Waals surface area contributed by atoms with Crippen molar-refractivity contribution in [2.45, 2.75) is 34.6 Å². The van der Waals surface area contributed by atoms with Crippen LogP contribution in [0, 0.1) is 24.2 Å². The number of hydrazone groups is 1. The SMILES string of the molecule is C/C(=N\NC1=NCCN1)c1cnn(-c2ccc(C#CC(C)(C)C)cc2)c1C. The van der Waals surface area contributed by atoms with Gasteiger partial charge in [0.15, 0.2) is 0 Å².